The molecule has 0 aromatic heterocycles. The number of hydrogen-bond donors (Lipinski definition) is 1. The highest BCUT2D eigenvalue weighted by molar-refractivity contribution is 4.73. The van der Waals surface area contributed by atoms with Gasteiger partial charge in [-0.3, -0.25) is 0 Å². The molecule has 2 aliphatic heterocycles. The first-order valence-electron chi connectivity index (χ1n) is 7.53. The maximum Gasteiger partial charge on any atom is 0.0167 e. The Bertz CT molecular complexity index is 196. The van der Waals surface area contributed by atoms with E-state index < -0.39 is 0 Å². The average molecular weight is 239 g/mol. The minimum atomic E-state index is 0.649. The van der Waals surface area contributed by atoms with Crippen molar-refractivity contribution in [3.63, 3.8) is 0 Å². The van der Waals surface area contributed by atoms with Gasteiger partial charge in [0.2, 0.25) is 0 Å². The van der Waals surface area contributed by atoms with E-state index in [1.54, 1.807) is 0 Å². The van der Waals surface area contributed by atoms with Crippen molar-refractivity contribution in [2.24, 2.45) is 0 Å². The molecule has 0 aromatic rings. The van der Waals surface area contributed by atoms with Crippen LogP contribution in [0.5, 0.6) is 0 Å². The summed E-state index contributed by atoms with van der Waals surface area (Å²) in [6.07, 6.45) is 7.06. The van der Waals surface area contributed by atoms with Crippen molar-refractivity contribution in [3.05, 3.63) is 0 Å². The Balaban J connectivity index is 1.52. The van der Waals surface area contributed by atoms with Gasteiger partial charge in [0.1, 0.15) is 0 Å². The molecule has 2 heterocycles. The summed E-state index contributed by atoms with van der Waals surface area (Å²) in [7, 11) is 0. The summed E-state index contributed by atoms with van der Waals surface area (Å²) in [4.78, 5) is 5.21. The molecule has 0 bridgehead atoms. The lowest BCUT2D eigenvalue weighted by molar-refractivity contribution is 0.207. The maximum atomic E-state index is 3.67. The van der Waals surface area contributed by atoms with Crippen molar-refractivity contribution in [1.29, 1.82) is 0 Å². The molecule has 3 heteroatoms. The SMILES string of the molecule is CC(CN1CCCCC1)NCCN1CCCC1. The molecule has 2 saturated heterocycles. The van der Waals surface area contributed by atoms with Gasteiger partial charge >= 0.3 is 0 Å². The lowest BCUT2D eigenvalue weighted by Crippen LogP contribution is -2.43. The van der Waals surface area contributed by atoms with Gasteiger partial charge in [0, 0.05) is 25.7 Å². The number of nitrogens with zero attached hydrogens (tertiary/aromatic N) is 2. The summed E-state index contributed by atoms with van der Waals surface area (Å²) < 4.78 is 0. The highest BCUT2D eigenvalue weighted by atomic mass is 15.2. The first-order valence-corrected chi connectivity index (χ1v) is 7.53. The molecule has 1 unspecified atom stereocenters. The van der Waals surface area contributed by atoms with Gasteiger partial charge < -0.3 is 15.1 Å². The van der Waals surface area contributed by atoms with Crippen LogP contribution >= 0.6 is 0 Å². The molecule has 17 heavy (non-hydrogen) atoms. The van der Waals surface area contributed by atoms with Crippen LogP contribution in [-0.4, -0.2) is 61.7 Å². The van der Waals surface area contributed by atoms with Crippen molar-refractivity contribution in [1.82, 2.24) is 15.1 Å². The Kier molecular flexibility index (Phi) is 5.75. The summed E-state index contributed by atoms with van der Waals surface area (Å²) in [5.74, 6) is 0. The molecule has 1 N–H and O–H groups in total. The van der Waals surface area contributed by atoms with Crippen molar-refractivity contribution in [2.75, 3.05) is 45.8 Å². The van der Waals surface area contributed by atoms with E-state index in [2.05, 4.69) is 22.0 Å². The topological polar surface area (TPSA) is 18.5 Å². The largest absolute Gasteiger partial charge is 0.312 e. The quantitative estimate of drug-likeness (QED) is 0.758. The van der Waals surface area contributed by atoms with Gasteiger partial charge in [-0.2, -0.15) is 0 Å². The van der Waals surface area contributed by atoms with Crippen molar-refractivity contribution >= 4 is 0 Å². The Labute approximate surface area is 107 Å². The summed E-state index contributed by atoms with van der Waals surface area (Å²) in [6, 6.07) is 0.649. The van der Waals surface area contributed by atoms with E-state index in [1.807, 2.05) is 0 Å². The van der Waals surface area contributed by atoms with Crippen LogP contribution in [0.4, 0.5) is 0 Å². The fourth-order valence-electron chi connectivity index (χ4n) is 3.07. The zero-order chi connectivity index (χ0) is 11.9. The van der Waals surface area contributed by atoms with Crippen LogP contribution in [0.2, 0.25) is 0 Å². The van der Waals surface area contributed by atoms with Crippen molar-refractivity contribution < 1.29 is 0 Å². The molecular formula is C14H29N3. The molecule has 0 spiro atoms. The van der Waals surface area contributed by atoms with Gasteiger partial charge in [-0.05, 0) is 58.8 Å². The predicted molar refractivity (Wildman–Crippen MR) is 73.4 cm³/mol. The highest BCUT2D eigenvalue weighted by Crippen LogP contribution is 2.09. The number of piperidine rings is 1. The fourth-order valence-corrected chi connectivity index (χ4v) is 3.07. The van der Waals surface area contributed by atoms with Gasteiger partial charge in [0.25, 0.3) is 0 Å². The van der Waals surface area contributed by atoms with E-state index in [9.17, 15) is 0 Å². The zero-order valence-electron chi connectivity index (χ0n) is 11.5. The number of nitrogens with one attached hydrogen (secondary N) is 1. The van der Waals surface area contributed by atoms with Gasteiger partial charge in [-0.25, -0.2) is 0 Å². The minimum Gasteiger partial charge on any atom is -0.312 e. The second-order valence-electron chi connectivity index (χ2n) is 5.77. The zero-order valence-corrected chi connectivity index (χ0v) is 11.5. The molecule has 0 aliphatic carbocycles. The Hall–Kier alpha value is -0.120. The van der Waals surface area contributed by atoms with Crippen LogP contribution in [0.25, 0.3) is 0 Å². The van der Waals surface area contributed by atoms with Crippen LogP contribution in [0.1, 0.15) is 39.0 Å². The summed E-state index contributed by atoms with van der Waals surface area (Å²) in [6.45, 7) is 11.2. The van der Waals surface area contributed by atoms with Crippen LogP contribution < -0.4 is 5.32 Å². The predicted octanol–water partition coefficient (Wildman–Crippen LogP) is 1.55. The third-order valence-corrected chi connectivity index (χ3v) is 4.10. The summed E-state index contributed by atoms with van der Waals surface area (Å²) in [5.41, 5.74) is 0. The molecule has 2 fully saturated rings. The number of hydrogen-bond acceptors (Lipinski definition) is 3. The van der Waals surface area contributed by atoms with E-state index in [1.165, 1.54) is 71.4 Å². The number of likely N-dealkylation sites (tertiary alicyclic amines) is 2. The van der Waals surface area contributed by atoms with Crippen LogP contribution in [-0.2, 0) is 0 Å². The molecule has 0 radical (unpaired) electrons. The molecule has 2 rings (SSSR count). The van der Waals surface area contributed by atoms with Crippen LogP contribution in [0.3, 0.4) is 0 Å². The molecule has 0 aromatic carbocycles. The fraction of sp³-hybridized carbons (Fsp3) is 1.00. The van der Waals surface area contributed by atoms with Gasteiger partial charge in [-0.15, -0.1) is 0 Å². The summed E-state index contributed by atoms with van der Waals surface area (Å²) >= 11 is 0. The Morgan fingerprint density at radius 2 is 1.47 bits per heavy atom. The second-order valence-corrected chi connectivity index (χ2v) is 5.77. The molecule has 3 nitrogen and oxygen atoms in total. The van der Waals surface area contributed by atoms with Crippen molar-refractivity contribution in [2.45, 2.75) is 45.1 Å². The first-order chi connectivity index (χ1) is 8.34. The van der Waals surface area contributed by atoms with E-state index in [4.69, 9.17) is 0 Å². The van der Waals surface area contributed by atoms with Gasteiger partial charge in [-0.1, -0.05) is 6.42 Å². The smallest absolute Gasteiger partial charge is 0.0167 e. The van der Waals surface area contributed by atoms with Gasteiger partial charge in [0.15, 0.2) is 0 Å². The normalized spacial score (nSPS) is 25.2. The van der Waals surface area contributed by atoms with E-state index >= 15 is 0 Å². The third kappa shape index (κ3) is 4.94. The molecule has 0 amide bonds. The van der Waals surface area contributed by atoms with Crippen LogP contribution in [0.15, 0.2) is 0 Å². The van der Waals surface area contributed by atoms with Gasteiger partial charge in [0.05, 0.1) is 0 Å². The Morgan fingerprint density at radius 1 is 0.882 bits per heavy atom. The monoisotopic (exact) mass is 239 g/mol. The Morgan fingerprint density at radius 3 is 2.18 bits per heavy atom. The first kappa shape index (κ1) is 13.3. The lowest BCUT2D eigenvalue weighted by Gasteiger charge is -2.29. The van der Waals surface area contributed by atoms with E-state index in [-0.39, 0.29) is 0 Å². The molecule has 0 saturated carbocycles. The average Bonchev–Trinajstić information content (AvgIpc) is 2.83. The standard InChI is InChI=1S/C14H29N3/c1-14(13-17-10-3-2-4-11-17)15-7-12-16-8-5-6-9-16/h14-15H,2-13H2,1H3. The highest BCUT2D eigenvalue weighted by Gasteiger charge is 2.14. The number of rotatable bonds is 6. The summed E-state index contributed by atoms with van der Waals surface area (Å²) in [5, 5.41) is 3.67. The molecular weight excluding hydrogens is 210 g/mol. The van der Waals surface area contributed by atoms with Crippen molar-refractivity contribution in [3.8, 4) is 0 Å². The minimum absolute atomic E-state index is 0.649. The van der Waals surface area contributed by atoms with E-state index in [0.717, 1.165) is 6.54 Å². The molecule has 100 valence electrons. The maximum absolute atomic E-state index is 3.67. The molecule has 2 aliphatic rings. The van der Waals surface area contributed by atoms with E-state index in [0.29, 0.717) is 6.04 Å². The lowest BCUT2D eigenvalue weighted by atomic mass is 10.1. The molecule has 1 atom stereocenters. The second kappa shape index (κ2) is 7.34. The van der Waals surface area contributed by atoms with Crippen LogP contribution in [0, 0.1) is 0 Å². The third-order valence-electron chi connectivity index (χ3n) is 4.10.